The van der Waals surface area contributed by atoms with E-state index < -0.39 is 11.7 Å². The molecule has 2 amide bonds. The van der Waals surface area contributed by atoms with Crippen molar-refractivity contribution in [1.82, 2.24) is 10.4 Å². The van der Waals surface area contributed by atoms with Crippen LogP contribution in [-0.4, -0.2) is 41.2 Å². The zero-order valence-corrected chi connectivity index (χ0v) is 19.7. The number of allylic oxidation sites excluding steroid dienone is 2. The van der Waals surface area contributed by atoms with Crippen LogP contribution in [0.25, 0.3) is 0 Å². The number of nitrogens with one attached hydrogen (secondary N) is 1. The summed E-state index contributed by atoms with van der Waals surface area (Å²) in [6.07, 6.45) is 7.05. The fourth-order valence-corrected chi connectivity index (χ4v) is 5.30. The third kappa shape index (κ3) is 7.20. The monoisotopic (exact) mass is 446 g/mol. The largest absolute Gasteiger partial charge is 0.497 e. The summed E-state index contributed by atoms with van der Waals surface area (Å²) in [4.78, 5) is 25.2. The van der Waals surface area contributed by atoms with E-state index in [1.807, 2.05) is 36.0 Å². The van der Waals surface area contributed by atoms with Crippen molar-refractivity contribution in [2.45, 2.75) is 52.2 Å². The van der Waals surface area contributed by atoms with Gasteiger partial charge in [0, 0.05) is 12.2 Å². The SMILES string of the molecule is COc1ccc(CN(NC(=O)OC(C)(C)C)C(=O)CCSC[C@H]2CC3C=C[C@@H]2C3)cc1. The summed E-state index contributed by atoms with van der Waals surface area (Å²) in [5, 5.41) is 1.36. The summed E-state index contributed by atoms with van der Waals surface area (Å²) in [6.45, 7) is 5.65. The molecule has 31 heavy (non-hydrogen) atoms. The summed E-state index contributed by atoms with van der Waals surface area (Å²) >= 11 is 1.83. The van der Waals surface area contributed by atoms with Crippen molar-refractivity contribution in [3.63, 3.8) is 0 Å². The highest BCUT2D eigenvalue weighted by atomic mass is 32.2. The second-order valence-electron chi connectivity index (χ2n) is 9.31. The minimum Gasteiger partial charge on any atom is -0.497 e. The van der Waals surface area contributed by atoms with Crippen molar-refractivity contribution < 1.29 is 19.1 Å². The van der Waals surface area contributed by atoms with Crippen molar-refractivity contribution >= 4 is 23.8 Å². The van der Waals surface area contributed by atoms with E-state index in [1.165, 1.54) is 17.9 Å². The molecule has 1 N–H and O–H groups in total. The van der Waals surface area contributed by atoms with Crippen LogP contribution in [0.2, 0.25) is 0 Å². The van der Waals surface area contributed by atoms with E-state index in [9.17, 15) is 9.59 Å². The van der Waals surface area contributed by atoms with Gasteiger partial charge in [-0.2, -0.15) is 11.8 Å². The summed E-state index contributed by atoms with van der Waals surface area (Å²) in [5.74, 6) is 4.70. The van der Waals surface area contributed by atoms with Crippen LogP contribution in [0.1, 0.15) is 45.6 Å². The molecule has 2 bridgehead atoms. The molecule has 3 atom stereocenters. The topological polar surface area (TPSA) is 67.9 Å². The van der Waals surface area contributed by atoms with Gasteiger partial charge in [0.2, 0.25) is 5.91 Å². The Labute approximate surface area is 189 Å². The van der Waals surface area contributed by atoms with E-state index in [2.05, 4.69) is 17.6 Å². The van der Waals surface area contributed by atoms with Crippen LogP contribution in [0.4, 0.5) is 4.79 Å². The van der Waals surface area contributed by atoms with Crippen LogP contribution in [0.3, 0.4) is 0 Å². The van der Waals surface area contributed by atoms with Crippen molar-refractivity contribution in [2.75, 3.05) is 18.6 Å². The lowest BCUT2D eigenvalue weighted by molar-refractivity contribution is -0.134. The van der Waals surface area contributed by atoms with Gasteiger partial charge in [-0.1, -0.05) is 24.3 Å². The molecule has 0 spiro atoms. The maximum Gasteiger partial charge on any atom is 0.426 e. The maximum atomic E-state index is 12.9. The highest BCUT2D eigenvalue weighted by molar-refractivity contribution is 7.99. The van der Waals surface area contributed by atoms with E-state index in [0.717, 1.165) is 40.6 Å². The lowest BCUT2D eigenvalue weighted by atomic mass is 9.96. The van der Waals surface area contributed by atoms with Crippen molar-refractivity contribution in [2.24, 2.45) is 17.8 Å². The van der Waals surface area contributed by atoms with Crippen LogP contribution < -0.4 is 10.2 Å². The first-order valence-electron chi connectivity index (χ1n) is 10.9. The second-order valence-corrected chi connectivity index (χ2v) is 10.5. The Bertz CT molecular complexity index is 788. The van der Waals surface area contributed by atoms with Gasteiger partial charge in [-0.15, -0.1) is 0 Å². The molecule has 1 saturated carbocycles. The van der Waals surface area contributed by atoms with Gasteiger partial charge in [0.1, 0.15) is 11.4 Å². The Kier molecular flexibility index (Phi) is 7.92. The minimum absolute atomic E-state index is 0.123. The van der Waals surface area contributed by atoms with E-state index >= 15 is 0 Å². The van der Waals surface area contributed by atoms with Crippen LogP contribution in [0.15, 0.2) is 36.4 Å². The smallest absolute Gasteiger partial charge is 0.426 e. The second kappa shape index (κ2) is 10.4. The van der Waals surface area contributed by atoms with Crippen LogP contribution in [0.5, 0.6) is 5.75 Å². The Balaban J connectivity index is 1.52. The van der Waals surface area contributed by atoms with E-state index in [4.69, 9.17) is 9.47 Å². The third-order valence-electron chi connectivity index (χ3n) is 5.63. The fraction of sp³-hybridized carbons (Fsp3) is 0.583. The average Bonchev–Trinajstić information content (AvgIpc) is 3.33. The van der Waals surface area contributed by atoms with E-state index in [-0.39, 0.29) is 12.5 Å². The zero-order valence-electron chi connectivity index (χ0n) is 18.9. The van der Waals surface area contributed by atoms with Crippen LogP contribution in [0, 0.1) is 17.8 Å². The number of hydrogen-bond donors (Lipinski definition) is 1. The quantitative estimate of drug-likeness (QED) is 0.353. The zero-order chi connectivity index (χ0) is 22.4. The Morgan fingerprint density at radius 2 is 1.90 bits per heavy atom. The van der Waals surface area contributed by atoms with E-state index in [0.29, 0.717) is 6.42 Å². The molecule has 3 rings (SSSR count). The van der Waals surface area contributed by atoms with Gasteiger partial charge in [0.05, 0.1) is 13.7 Å². The molecule has 2 aliphatic carbocycles. The van der Waals surface area contributed by atoms with Gasteiger partial charge in [-0.3, -0.25) is 4.79 Å². The van der Waals surface area contributed by atoms with Gasteiger partial charge in [-0.05, 0) is 74.8 Å². The predicted molar refractivity (Wildman–Crippen MR) is 124 cm³/mol. The summed E-state index contributed by atoms with van der Waals surface area (Å²) in [6, 6.07) is 7.44. The number of hydrazine groups is 1. The molecule has 1 fully saturated rings. The van der Waals surface area contributed by atoms with Gasteiger partial charge >= 0.3 is 6.09 Å². The van der Waals surface area contributed by atoms with Gasteiger partial charge in [-0.25, -0.2) is 15.2 Å². The molecule has 1 aromatic carbocycles. The molecule has 0 saturated heterocycles. The first-order valence-corrected chi connectivity index (χ1v) is 12.1. The number of ether oxygens (including phenoxy) is 2. The van der Waals surface area contributed by atoms with Crippen LogP contribution >= 0.6 is 11.8 Å². The third-order valence-corrected chi connectivity index (χ3v) is 6.79. The Hall–Kier alpha value is -2.15. The van der Waals surface area contributed by atoms with Crippen LogP contribution in [-0.2, 0) is 16.1 Å². The molecular weight excluding hydrogens is 412 g/mol. The summed E-state index contributed by atoms with van der Waals surface area (Å²) < 4.78 is 10.5. The number of nitrogens with zero attached hydrogens (tertiary/aromatic N) is 1. The van der Waals surface area contributed by atoms with Crippen molar-refractivity contribution in [1.29, 1.82) is 0 Å². The lowest BCUT2D eigenvalue weighted by Gasteiger charge is -2.26. The highest BCUT2D eigenvalue weighted by Gasteiger charge is 2.35. The molecule has 170 valence electrons. The Morgan fingerprint density at radius 1 is 1.16 bits per heavy atom. The predicted octanol–water partition coefficient (Wildman–Crippen LogP) is 4.80. The summed E-state index contributed by atoms with van der Waals surface area (Å²) in [5.41, 5.74) is 2.89. The standard InChI is InChI=1S/C24H34N2O4S/c1-24(2,3)30-23(28)25-26(15-17-6-9-21(29-4)10-7-17)22(27)11-12-31-16-20-14-18-5-8-19(20)13-18/h5-10,18-20H,11-16H2,1-4H3,(H,25,28)/t18?,19-,20-/m1/s1. The van der Waals surface area contributed by atoms with Crippen molar-refractivity contribution in [3.8, 4) is 5.75 Å². The molecule has 1 aromatic rings. The molecule has 2 aliphatic rings. The number of fused-ring (bicyclic) bond motifs is 2. The number of methoxy groups -OCH3 is 1. The van der Waals surface area contributed by atoms with Gasteiger partial charge in [0.15, 0.2) is 0 Å². The number of benzene rings is 1. The number of carbonyl (C=O) groups excluding carboxylic acids is 2. The highest BCUT2D eigenvalue weighted by Crippen LogP contribution is 2.44. The first kappa shape index (κ1) is 23.5. The molecule has 0 aromatic heterocycles. The van der Waals surface area contributed by atoms with E-state index in [1.54, 1.807) is 27.9 Å². The Morgan fingerprint density at radius 3 is 2.48 bits per heavy atom. The van der Waals surface area contributed by atoms with Gasteiger partial charge < -0.3 is 9.47 Å². The molecule has 1 unspecified atom stereocenters. The van der Waals surface area contributed by atoms with Gasteiger partial charge in [0.25, 0.3) is 0 Å². The number of amides is 2. The van der Waals surface area contributed by atoms with Crippen molar-refractivity contribution in [3.05, 3.63) is 42.0 Å². The normalized spacial score (nSPS) is 21.7. The molecule has 7 heteroatoms. The molecule has 0 heterocycles. The molecule has 6 nitrogen and oxygen atoms in total. The minimum atomic E-state index is -0.635. The molecular formula is C24H34N2O4S. The number of hydrogen-bond acceptors (Lipinski definition) is 5. The average molecular weight is 447 g/mol. The number of thioether (sulfide) groups is 1. The number of carbonyl (C=O) groups is 2. The first-order chi connectivity index (χ1) is 14.7. The summed E-state index contributed by atoms with van der Waals surface area (Å²) in [7, 11) is 1.61. The number of rotatable bonds is 8. The fourth-order valence-electron chi connectivity index (χ4n) is 4.13. The maximum absolute atomic E-state index is 12.9. The lowest BCUT2D eigenvalue weighted by Crippen LogP contribution is -2.47. The molecule has 0 radical (unpaired) electrons. The molecule has 0 aliphatic heterocycles.